The molecule has 1 saturated carbocycles. The summed E-state index contributed by atoms with van der Waals surface area (Å²) in [5, 5.41) is 16.9. The van der Waals surface area contributed by atoms with Crippen molar-refractivity contribution in [2.45, 2.75) is 32.6 Å². The molecular weight excluding hydrogens is 286 g/mol. The molecule has 0 saturated heterocycles. The van der Waals surface area contributed by atoms with Gasteiger partial charge in [-0.1, -0.05) is 6.92 Å². The fraction of sp³-hybridized carbons (Fsp3) is 0.438. The fourth-order valence-corrected chi connectivity index (χ4v) is 2.42. The number of rotatable bonds is 2. The summed E-state index contributed by atoms with van der Waals surface area (Å²) in [6.45, 7) is 1.94. The number of ketones is 1. The second-order valence-corrected chi connectivity index (χ2v) is 5.72. The molecule has 1 aromatic rings. The molecule has 0 bridgehead atoms. The lowest BCUT2D eigenvalue weighted by Crippen LogP contribution is -2.18. The van der Waals surface area contributed by atoms with Crippen molar-refractivity contribution in [2.75, 3.05) is 5.32 Å². The van der Waals surface area contributed by atoms with E-state index in [1.165, 1.54) is 0 Å². The van der Waals surface area contributed by atoms with Gasteiger partial charge in [0.05, 0.1) is 0 Å². The van der Waals surface area contributed by atoms with Gasteiger partial charge in [-0.3, -0.25) is 9.59 Å². The van der Waals surface area contributed by atoms with Gasteiger partial charge in [0.2, 0.25) is 5.91 Å². The van der Waals surface area contributed by atoms with Crippen molar-refractivity contribution < 1.29 is 24.6 Å². The second kappa shape index (κ2) is 6.60. The number of hydrogen-bond donors (Lipinski definition) is 3. The van der Waals surface area contributed by atoms with E-state index in [-0.39, 0.29) is 23.5 Å². The molecule has 1 unspecified atom stereocenters. The normalized spacial score (nSPS) is 19.9. The van der Waals surface area contributed by atoms with E-state index in [1.807, 2.05) is 25.1 Å². The van der Waals surface area contributed by atoms with E-state index in [2.05, 4.69) is 5.32 Å². The van der Waals surface area contributed by atoms with Crippen LogP contribution in [0.4, 0.5) is 10.5 Å². The van der Waals surface area contributed by atoms with Gasteiger partial charge in [-0.25, -0.2) is 4.79 Å². The van der Waals surface area contributed by atoms with Crippen LogP contribution in [0.1, 0.15) is 42.1 Å². The number of aryl methyl sites for hydroxylation is 1. The highest BCUT2D eigenvalue weighted by Gasteiger charge is 2.31. The maximum atomic E-state index is 12.0. The van der Waals surface area contributed by atoms with E-state index in [1.54, 1.807) is 0 Å². The quantitative estimate of drug-likeness (QED) is 0.729. The Balaban J connectivity index is 0.000000396. The van der Waals surface area contributed by atoms with Crippen molar-refractivity contribution >= 4 is 23.5 Å². The van der Waals surface area contributed by atoms with Gasteiger partial charge < -0.3 is 15.5 Å². The average molecular weight is 305 g/mol. The molecular formula is C16H19NO5. The van der Waals surface area contributed by atoms with Crippen LogP contribution in [0.25, 0.3) is 0 Å². The number of carbonyl (C=O) groups is 3. The van der Waals surface area contributed by atoms with Crippen LogP contribution >= 0.6 is 0 Å². The van der Waals surface area contributed by atoms with Crippen LogP contribution in [0.3, 0.4) is 0 Å². The molecule has 1 aromatic carbocycles. The van der Waals surface area contributed by atoms with Crippen LogP contribution in [0.2, 0.25) is 0 Å². The number of carboxylic acid groups (broad SMARTS) is 2. The zero-order valence-corrected chi connectivity index (χ0v) is 12.3. The standard InChI is InChI=1S/C15H17NO2.CH2O3/c1-9-2-3-11-8-12(14(17)10-4-5-10)6-7-13(11)16-15(9)18;2-1(3)4/h6-10H,2-5H2,1H3,(H,16,18);(H2,2,3,4). The van der Waals surface area contributed by atoms with Crippen molar-refractivity contribution in [3.8, 4) is 0 Å². The van der Waals surface area contributed by atoms with Crippen LogP contribution in [0, 0.1) is 11.8 Å². The number of carbonyl (C=O) groups excluding carboxylic acids is 2. The second-order valence-electron chi connectivity index (χ2n) is 5.72. The van der Waals surface area contributed by atoms with E-state index in [4.69, 9.17) is 15.0 Å². The highest BCUT2D eigenvalue weighted by molar-refractivity contribution is 6.00. The van der Waals surface area contributed by atoms with Gasteiger partial charge in [-0.15, -0.1) is 0 Å². The minimum atomic E-state index is -1.83. The van der Waals surface area contributed by atoms with Crippen LogP contribution < -0.4 is 5.32 Å². The number of hydrogen-bond acceptors (Lipinski definition) is 3. The van der Waals surface area contributed by atoms with Crippen molar-refractivity contribution in [3.63, 3.8) is 0 Å². The number of fused-ring (bicyclic) bond motifs is 1. The van der Waals surface area contributed by atoms with Gasteiger partial charge in [0.25, 0.3) is 0 Å². The lowest BCUT2D eigenvalue weighted by Gasteiger charge is -2.08. The molecule has 1 amide bonds. The highest BCUT2D eigenvalue weighted by atomic mass is 16.6. The van der Waals surface area contributed by atoms with E-state index in [9.17, 15) is 9.59 Å². The molecule has 6 nitrogen and oxygen atoms in total. The predicted molar refractivity (Wildman–Crippen MR) is 80.3 cm³/mol. The van der Waals surface area contributed by atoms with Gasteiger partial charge in [-0.2, -0.15) is 0 Å². The molecule has 1 fully saturated rings. The largest absolute Gasteiger partial charge is 0.503 e. The minimum absolute atomic E-state index is 0.0417. The monoisotopic (exact) mass is 305 g/mol. The third-order valence-electron chi connectivity index (χ3n) is 3.89. The van der Waals surface area contributed by atoms with Crippen molar-refractivity contribution in [2.24, 2.45) is 11.8 Å². The Labute approximate surface area is 128 Å². The topological polar surface area (TPSA) is 104 Å². The van der Waals surface area contributed by atoms with Crippen LogP contribution in [-0.2, 0) is 11.2 Å². The number of Topliss-reactive ketones (excluding diaryl/α,β-unsaturated/α-hetero) is 1. The molecule has 0 aromatic heterocycles. The first-order valence-corrected chi connectivity index (χ1v) is 7.28. The Bertz CT molecular complexity index is 603. The summed E-state index contributed by atoms with van der Waals surface area (Å²) in [7, 11) is 0. The molecule has 1 heterocycles. The number of benzene rings is 1. The maximum Gasteiger partial charge on any atom is 0.503 e. The van der Waals surface area contributed by atoms with E-state index in [0.717, 1.165) is 42.5 Å². The molecule has 0 spiro atoms. The summed E-state index contributed by atoms with van der Waals surface area (Å²) in [5.41, 5.74) is 2.77. The molecule has 6 heteroatoms. The van der Waals surface area contributed by atoms with E-state index >= 15 is 0 Å². The van der Waals surface area contributed by atoms with Crippen molar-refractivity contribution in [3.05, 3.63) is 29.3 Å². The molecule has 3 N–H and O–H groups in total. The molecule has 1 aliphatic carbocycles. The first kappa shape index (κ1) is 16.0. The highest BCUT2D eigenvalue weighted by Crippen LogP contribution is 2.34. The van der Waals surface area contributed by atoms with Gasteiger partial charge in [-0.05, 0) is 49.4 Å². The number of amides is 1. The Hall–Kier alpha value is -2.37. The summed E-state index contributed by atoms with van der Waals surface area (Å²) in [4.78, 5) is 32.3. The minimum Gasteiger partial charge on any atom is -0.450 e. The first-order chi connectivity index (χ1) is 10.4. The summed E-state index contributed by atoms with van der Waals surface area (Å²) >= 11 is 0. The molecule has 0 radical (unpaired) electrons. The average Bonchev–Trinajstić information content (AvgIpc) is 3.28. The lowest BCUT2D eigenvalue weighted by atomic mass is 9.98. The molecule has 1 atom stereocenters. The van der Waals surface area contributed by atoms with Crippen LogP contribution in [0.15, 0.2) is 18.2 Å². The molecule has 2 aliphatic rings. The van der Waals surface area contributed by atoms with Crippen molar-refractivity contribution in [1.82, 2.24) is 0 Å². The molecule has 3 rings (SSSR count). The third kappa shape index (κ3) is 4.07. The first-order valence-electron chi connectivity index (χ1n) is 7.28. The summed E-state index contributed by atoms with van der Waals surface area (Å²) in [6.07, 6.45) is 1.94. The Morgan fingerprint density at radius 1 is 1.18 bits per heavy atom. The maximum absolute atomic E-state index is 12.0. The molecule has 118 valence electrons. The third-order valence-corrected chi connectivity index (χ3v) is 3.89. The number of anilines is 1. The predicted octanol–water partition coefficient (Wildman–Crippen LogP) is 3.02. The fourth-order valence-electron chi connectivity index (χ4n) is 2.42. The summed E-state index contributed by atoms with van der Waals surface area (Å²) < 4.78 is 0. The lowest BCUT2D eigenvalue weighted by molar-refractivity contribution is -0.119. The smallest absolute Gasteiger partial charge is 0.450 e. The zero-order valence-electron chi connectivity index (χ0n) is 12.3. The van der Waals surface area contributed by atoms with Gasteiger partial charge >= 0.3 is 6.16 Å². The van der Waals surface area contributed by atoms with Crippen LogP contribution in [0.5, 0.6) is 0 Å². The summed E-state index contributed by atoms with van der Waals surface area (Å²) in [5.74, 6) is 0.638. The zero-order chi connectivity index (χ0) is 16.3. The van der Waals surface area contributed by atoms with E-state index < -0.39 is 6.16 Å². The Morgan fingerprint density at radius 3 is 2.41 bits per heavy atom. The SMILES string of the molecule is CC1CCc2cc(C(=O)C3CC3)ccc2NC1=O.O=C(O)O. The Morgan fingerprint density at radius 2 is 1.82 bits per heavy atom. The molecule has 22 heavy (non-hydrogen) atoms. The number of nitrogens with one attached hydrogen (secondary N) is 1. The van der Waals surface area contributed by atoms with Gasteiger partial charge in [0.1, 0.15) is 0 Å². The molecule has 1 aliphatic heterocycles. The van der Waals surface area contributed by atoms with E-state index in [0.29, 0.717) is 0 Å². The van der Waals surface area contributed by atoms with Gasteiger partial charge in [0.15, 0.2) is 5.78 Å². The Kier molecular flexibility index (Phi) is 4.80. The summed E-state index contributed by atoms with van der Waals surface area (Å²) in [6, 6.07) is 5.69. The van der Waals surface area contributed by atoms with Crippen LogP contribution in [-0.4, -0.2) is 28.1 Å². The van der Waals surface area contributed by atoms with Gasteiger partial charge in [0, 0.05) is 23.1 Å². The van der Waals surface area contributed by atoms with Crippen molar-refractivity contribution in [1.29, 1.82) is 0 Å².